The largest absolute Gasteiger partial charge is 0.379 e. The van der Waals surface area contributed by atoms with E-state index in [1.807, 2.05) is 30.3 Å². The molecule has 2 aromatic rings. The molecule has 0 bridgehead atoms. The van der Waals surface area contributed by atoms with Crippen molar-refractivity contribution in [1.29, 1.82) is 0 Å². The summed E-state index contributed by atoms with van der Waals surface area (Å²) in [6.45, 7) is 6.67. The van der Waals surface area contributed by atoms with E-state index in [-0.39, 0.29) is 12.1 Å². The predicted octanol–water partition coefficient (Wildman–Crippen LogP) is 2.87. The third-order valence-electron chi connectivity index (χ3n) is 4.63. The van der Waals surface area contributed by atoms with E-state index in [0.29, 0.717) is 6.54 Å². The highest BCUT2D eigenvalue weighted by Gasteiger charge is 2.20. The molecule has 1 heterocycles. The van der Waals surface area contributed by atoms with Crippen LogP contribution in [0, 0.1) is 6.92 Å². The second-order valence-electron chi connectivity index (χ2n) is 6.69. The van der Waals surface area contributed by atoms with Crippen LogP contribution in [0.3, 0.4) is 0 Å². The molecule has 26 heavy (non-hydrogen) atoms. The van der Waals surface area contributed by atoms with Crippen molar-refractivity contribution in [1.82, 2.24) is 15.5 Å². The smallest absolute Gasteiger partial charge is 0.315 e. The van der Waals surface area contributed by atoms with Crippen LogP contribution in [0.1, 0.15) is 22.7 Å². The van der Waals surface area contributed by atoms with Crippen molar-refractivity contribution in [2.45, 2.75) is 19.5 Å². The molecule has 5 heteroatoms. The fraction of sp³-hybridized carbons (Fsp3) is 0.381. The minimum absolute atomic E-state index is 0.0514. The van der Waals surface area contributed by atoms with Crippen molar-refractivity contribution in [3.05, 3.63) is 71.3 Å². The van der Waals surface area contributed by atoms with E-state index in [9.17, 15) is 4.79 Å². The second kappa shape index (κ2) is 9.36. The Bertz CT molecular complexity index is 682. The first-order valence-corrected chi connectivity index (χ1v) is 9.15. The molecule has 1 saturated heterocycles. The average Bonchev–Trinajstić information content (AvgIpc) is 2.68. The number of carbonyl (C=O) groups excluding carboxylic acids is 1. The number of ether oxygens (including phenoxy) is 1. The van der Waals surface area contributed by atoms with Gasteiger partial charge < -0.3 is 15.4 Å². The van der Waals surface area contributed by atoms with Gasteiger partial charge in [-0.2, -0.15) is 0 Å². The third-order valence-corrected chi connectivity index (χ3v) is 4.63. The normalized spacial score (nSPS) is 16.0. The second-order valence-corrected chi connectivity index (χ2v) is 6.69. The monoisotopic (exact) mass is 353 g/mol. The molecule has 1 aliphatic heterocycles. The summed E-state index contributed by atoms with van der Waals surface area (Å²) < 4.78 is 5.43. The molecular weight excluding hydrogens is 326 g/mol. The van der Waals surface area contributed by atoms with Crippen LogP contribution in [-0.2, 0) is 11.3 Å². The van der Waals surface area contributed by atoms with Gasteiger partial charge in [-0.25, -0.2) is 4.79 Å². The quantitative estimate of drug-likeness (QED) is 0.840. The lowest BCUT2D eigenvalue weighted by molar-refractivity contribution is 0.0340. The molecular formula is C21H27N3O2. The molecule has 1 fully saturated rings. The molecule has 0 aliphatic carbocycles. The fourth-order valence-corrected chi connectivity index (χ4v) is 3.06. The van der Waals surface area contributed by atoms with Crippen LogP contribution in [0.2, 0.25) is 0 Å². The van der Waals surface area contributed by atoms with Crippen molar-refractivity contribution in [2.75, 3.05) is 32.8 Å². The van der Waals surface area contributed by atoms with Crippen LogP contribution in [0.15, 0.2) is 54.6 Å². The molecule has 1 atom stereocenters. The van der Waals surface area contributed by atoms with Crippen LogP contribution in [-0.4, -0.2) is 43.8 Å². The molecule has 0 aromatic heterocycles. The van der Waals surface area contributed by atoms with Crippen LogP contribution in [0.25, 0.3) is 0 Å². The number of benzene rings is 2. The molecule has 2 aromatic carbocycles. The standard InChI is InChI=1S/C21H27N3O2/c1-17-7-9-19(10-8-17)20(16-24-11-13-26-14-12-24)23-21(25)22-15-18-5-3-2-4-6-18/h2-10,20H,11-16H2,1H3,(H2,22,23,25)/t20-/m0/s1. The molecule has 0 spiro atoms. The van der Waals surface area contributed by atoms with Gasteiger partial charge in [0.15, 0.2) is 0 Å². The van der Waals surface area contributed by atoms with Gasteiger partial charge in [0.1, 0.15) is 0 Å². The van der Waals surface area contributed by atoms with Crippen LogP contribution < -0.4 is 10.6 Å². The van der Waals surface area contributed by atoms with E-state index in [1.54, 1.807) is 0 Å². The van der Waals surface area contributed by atoms with Gasteiger partial charge >= 0.3 is 6.03 Å². The zero-order valence-corrected chi connectivity index (χ0v) is 15.3. The Balaban J connectivity index is 1.62. The van der Waals surface area contributed by atoms with Gasteiger partial charge in [0.2, 0.25) is 0 Å². The van der Waals surface area contributed by atoms with Gasteiger partial charge in [0.05, 0.1) is 19.3 Å². The number of rotatable bonds is 6. The Morgan fingerprint density at radius 1 is 1.08 bits per heavy atom. The van der Waals surface area contributed by atoms with E-state index in [4.69, 9.17) is 4.74 Å². The minimum Gasteiger partial charge on any atom is -0.379 e. The Kier molecular flexibility index (Phi) is 6.63. The maximum Gasteiger partial charge on any atom is 0.315 e. The number of urea groups is 1. The Morgan fingerprint density at radius 2 is 1.77 bits per heavy atom. The van der Waals surface area contributed by atoms with E-state index in [2.05, 4.69) is 46.7 Å². The number of hydrogen-bond donors (Lipinski definition) is 2. The maximum absolute atomic E-state index is 12.4. The van der Waals surface area contributed by atoms with Gasteiger partial charge in [-0.05, 0) is 18.1 Å². The summed E-state index contributed by atoms with van der Waals surface area (Å²) in [5, 5.41) is 6.09. The van der Waals surface area contributed by atoms with E-state index in [0.717, 1.165) is 44.0 Å². The molecule has 2 N–H and O–H groups in total. The highest BCUT2D eigenvalue weighted by Crippen LogP contribution is 2.16. The summed E-state index contributed by atoms with van der Waals surface area (Å²) >= 11 is 0. The first-order chi connectivity index (χ1) is 12.7. The zero-order chi connectivity index (χ0) is 18.2. The summed E-state index contributed by atoms with van der Waals surface area (Å²) in [5.74, 6) is 0. The number of nitrogens with one attached hydrogen (secondary N) is 2. The summed E-state index contributed by atoms with van der Waals surface area (Å²) in [7, 11) is 0. The minimum atomic E-state index is -0.146. The van der Waals surface area contributed by atoms with Crippen molar-refractivity contribution < 1.29 is 9.53 Å². The van der Waals surface area contributed by atoms with E-state index >= 15 is 0 Å². The van der Waals surface area contributed by atoms with Crippen molar-refractivity contribution in [2.24, 2.45) is 0 Å². The number of carbonyl (C=O) groups is 1. The first-order valence-electron chi connectivity index (χ1n) is 9.15. The number of aryl methyl sites for hydroxylation is 1. The molecule has 138 valence electrons. The van der Waals surface area contributed by atoms with Crippen molar-refractivity contribution >= 4 is 6.03 Å². The molecule has 5 nitrogen and oxygen atoms in total. The summed E-state index contributed by atoms with van der Waals surface area (Å²) in [4.78, 5) is 14.8. The van der Waals surface area contributed by atoms with Crippen molar-refractivity contribution in [3.8, 4) is 0 Å². The lowest BCUT2D eigenvalue weighted by Gasteiger charge is -2.31. The van der Waals surface area contributed by atoms with Crippen molar-refractivity contribution in [3.63, 3.8) is 0 Å². The Labute approximate surface area is 155 Å². The van der Waals surface area contributed by atoms with Crippen LogP contribution in [0.5, 0.6) is 0 Å². The number of amides is 2. The van der Waals surface area contributed by atoms with Gasteiger partial charge in [-0.1, -0.05) is 60.2 Å². The zero-order valence-electron chi connectivity index (χ0n) is 15.3. The first kappa shape index (κ1) is 18.4. The third kappa shape index (κ3) is 5.58. The molecule has 0 radical (unpaired) electrons. The maximum atomic E-state index is 12.4. The number of hydrogen-bond acceptors (Lipinski definition) is 3. The number of morpholine rings is 1. The fourth-order valence-electron chi connectivity index (χ4n) is 3.06. The van der Waals surface area contributed by atoms with Gasteiger partial charge in [0.25, 0.3) is 0 Å². The highest BCUT2D eigenvalue weighted by molar-refractivity contribution is 5.74. The number of nitrogens with zero attached hydrogens (tertiary/aromatic N) is 1. The Hall–Kier alpha value is -2.37. The molecule has 0 saturated carbocycles. The van der Waals surface area contributed by atoms with E-state index in [1.165, 1.54) is 5.56 Å². The Morgan fingerprint density at radius 3 is 2.46 bits per heavy atom. The SMILES string of the molecule is Cc1ccc([C@H](CN2CCOCC2)NC(=O)NCc2ccccc2)cc1. The topological polar surface area (TPSA) is 53.6 Å². The predicted molar refractivity (Wildman–Crippen MR) is 103 cm³/mol. The van der Waals surface area contributed by atoms with Crippen LogP contribution in [0.4, 0.5) is 4.79 Å². The van der Waals surface area contributed by atoms with Gasteiger partial charge in [0, 0.05) is 26.2 Å². The molecule has 1 aliphatic rings. The average molecular weight is 353 g/mol. The summed E-state index contributed by atoms with van der Waals surface area (Å²) in [6, 6.07) is 18.1. The summed E-state index contributed by atoms with van der Waals surface area (Å²) in [6.07, 6.45) is 0. The molecule has 3 rings (SSSR count). The van der Waals surface area contributed by atoms with E-state index < -0.39 is 0 Å². The lowest BCUT2D eigenvalue weighted by Crippen LogP contribution is -2.45. The molecule has 2 amide bonds. The summed E-state index contributed by atoms with van der Waals surface area (Å²) in [5.41, 5.74) is 3.42. The van der Waals surface area contributed by atoms with Crippen LogP contribution >= 0.6 is 0 Å². The lowest BCUT2D eigenvalue weighted by atomic mass is 10.0. The van der Waals surface area contributed by atoms with Gasteiger partial charge in [-0.15, -0.1) is 0 Å². The highest BCUT2D eigenvalue weighted by atomic mass is 16.5. The van der Waals surface area contributed by atoms with Gasteiger partial charge in [-0.3, -0.25) is 4.90 Å². The molecule has 0 unspecified atom stereocenters.